The van der Waals surface area contributed by atoms with E-state index in [0.717, 1.165) is 0 Å². The molecule has 3 heteroatoms. The number of rotatable bonds is 2. The fourth-order valence-electron chi connectivity index (χ4n) is 1.67. The molecule has 0 bridgehead atoms. The summed E-state index contributed by atoms with van der Waals surface area (Å²) in [5, 5.41) is 7.09. The Morgan fingerprint density at radius 2 is 2.17 bits per heavy atom. The average Bonchev–Trinajstić information content (AvgIpc) is 2.75. The van der Waals surface area contributed by atoms with Gasteiger partial charge < -0.3 is 5.73 Å². The van der Waals surface area contributed by atoms with Crippen LogP contribution < -0.4 is 5.73 Å². The summed E-state index contributed by atoms with van der Waals surface area (Å²) in [5.41, 5.74) is 8.28. The van der Waals surface area contributed by atoms with E-state index in [4.69, 9.17) is 5.73 Å². The summed E-state index contributed by atoms with van der Waals surface area (Å²) in [5.74, 6) is 1.89. The fraction of sp³-hybridized carbons (Fsp3) is 0.667. The maximum Gasteiger partial charge on any atom is 0.148 e. The molecule has 1 aliphatic rings. The first-order valence-electron chi connectivity index (χ1n) is 4.53. The Morgan fingerprint density at radius 1 is 1.50 bits per heavy atom. The molecule has 3 N–H and O–H groups in total. The van der Waals surface area contributed by atoms with Gasteiger partial charge in [-0.15, -0.1) is 0 Å². The Kier molecular flexibility index (Phi) is 1.60. The van der Waals surface area contributed by atoms with Crippen molar-refractivity contribution in [2.75, 3.05) is 5.73 Å². The first-order chi connectivity index (χ1) is 5.70. The van der Waals surface area contributed by atoms with Gasteiger partial charge in [0.15, 0.2) is 0 Å². The maximum absolute atomic E-state index is 5.77. The van der Waals surface area contributed by atoms with Gasteiger partial charge >= 0.3 is 0 Å². The third-order valence-electron chi connectivity index (χ3n) is 2.43. The third kappa shape index (κ3) is 1.09. The molecule has 12 heavy (non-hydrogen) atoms. The Hall–Kier alpha value is -0.990. The van der Waals surface area contributed by atoms with Crippen molar-refractivity contribution in [3.05, 3.63) is 11.3 Å². The Morgan fingerprint density at radius 3 is 2.67 bits per heavy atom. The molecule has 0 radical (unpaired) electrons. The van der Waals surface area contributed by atoms with Gasteiger partial charge in [-0.2, -0.15) is 5.10 Å². The Bertz CT molecular complexity index is 284. The summed E-state index contributed by atoms with van der Waals surface area (Å²) in [6, 6.07) is 0. The second-order valence-electron chi connectivity index (χ2n) is 3.87. The monoisotopic (exact) mass is 165 g/mol. The summed E-state index contributed by atoms with van der Waals surface area (Å²) >= 11 is 0. The first-order valence-corrected chi connectivity index (χ1v) is 4.53. The van der Waals surface area contributed by atoms with Crippen molar-refractivity contribution in [3.8, 4) is 0 Å². The molecule has 1 saturated carbocycles. The number of anilines is 1. The SMILES string of the molecule is CC(C)c1c(N)n[nH]c1C1CC1. The zero-order valence-corrected chi connectivity index (χ0v) is 7.59. The number of hydrogen-bond donors (Lipinski definition) is 2. The van der Waals surface area contributed by atoms with Crippen molar-refractivity contribution >= 4 is 5.82 Å². The topological polar surface area (TPSA) is 54.7 Å². The molecule has 1 aliphatic carbocycles. The summed E-state index contributed by atoms with van der Waals surface area (Å²) < 4.78 is 0. The van der Waals surface area contributed by atoms with E-state index >= 15 is 0 Å². The van der Waals surface area contributed by atoms with Crippen LogP contribution in [0.3, 0.4) is 0 Å². The van der Waals surface area contributed by atoms with E-state index in [0.29, 0.717) is 17.7 Å². The van der Waals surface area contributed by atoms with Crippen LogP contribution >= 0.6 is 0 Å². The van der Waals surface area contributed by atoms with Gasteiger partial charge in [0.2, 0.25) is 0 Å². The fourth-order valence-corrected chi connectivity index (χ4v) is 1.67. The second kappa shape index (κ2) is 2.51. The molecule has 0 atom stereocenters. The predicted octanol–water partition coefficient (Wildman–Crippen LogP) is 1.99. The zero-order valence-electron chi connectivity index (χ0n) is 7.59. The number of hydrogen-bond acceptors (Lipinski definition) is 2. The van der Waals surface area contributed by atoms with Crippen LogP contribution in [0, 0.1) is 0 Å². The number of nitrogens with one attached hydrogen (secondary N) is 1. The van der Waals surface area contributed by atoms with Crippen LogP contribution in [0.1, 0.15) is 49.8 Å². The van der Waals surface area contributed by atoms with E-state index in [1.165, 1.54) is 24.1 Å². The molecule has 1 aromatic rings. The van der Waals surface area contributed by atoms with Gasteiger partial charge in [-0.1, -0.05) is 13.8 Å². The summed E-state index contributed by atoms with van der Waals surface area (Å²) in [7, 11) is 0. The molecule has 1 heterocycles. The molecule has 0 aliphatic heterocycles. The van der Waals surface area contributed by atoms with Crippen molar-refractivity contribution in [1.29, 1.82) is 0 Å². The van der Waals surface area contributed by atoms with Crippen molar-refractivity contribution in [1.82, 2.24) is 10.2 Å². The van der Waals surface area contributed by atoms with E-state index < -0.39 is 0 Å². The number of aromatic amines is 1. The molecule has 3 nitrogen and oxygen atoms in total. The molecular formula is C9H15N3. The van der Waals surface area contributed by atoms with Crippen molar-refractivity contribution in [3.63, 3.8) is 0 Å². The van der Waals surface area contributed by atoms with E-state index in [-0.39, 0.29) is 0 Å². The Balaban J connectivity index is 2.39. The molecule has 1 fully saturated rings. The quantitative estimate of drug-likeness (QED) is 0.704. The standard InChI is InChI=1S/C9H15N3/c1-5(2)7-8(6-3-4-6)11-12-9(7)10/h5-6H,3-4H2,1-2H3,(H3,10,11,12). The van der Waals surface area contributed by atoms with Crippen LogP contribution in [-0.4, -0.2) is 10.2 Å². The smallest absolute Gasteiger partial charge is 0.148 e. The minimum Gasteiger partial charge on any atom is -0.382 e. The van der Waals surface area contributed by atoms with E-state index in [1.807, 2.05) is 0 Å². The van der Waals surface area contributed by atoms with Gasteiger partial charge in [-0.25, -0.2) is 0 Å². The van der Waals surface area contributed by atoms with Crippen LogP contribution in [0.2, 0.25) is 0 Å². The lowest BCUT2D eigenvalue weighted by molar-refractivity contribution is 0.839. The minimum absolute atomic E-state index is 0.486. The van der Waals surface area contributed by atoms with Crippen molar-refractivity contribution in [2.45, 2.75) is 38.5 Å². The molecule has 66 valence electrons. The summed E-state index contributed by atoms with van der Waals surface area (Å²) in [4.78, 5) is 0. The van der Waals surface area contributed by atoms with Crippen LogP contribution in [-0.2, 0) is 0 Å². The van der Waals surface area contributed by atoms with Crippen molar-refractivity contribution in [2.24, 2.45) is 0 Å². The van der Waals surface area contributed by atoms with E-state index in [9.17, 15) is 0 Å². The molecule has 0 saturated heterocycles. The largest absolute Gasteiger partial charge is 0.382 e. The van der Waals surface area contributed by atoms with Crippen LogP contribution in [0.4, 0.5) is 5.82 Å². The van der Waals surface area contributed by atoms with Gasteiger partial charge in [-0.05, 0) is 18.8 Å². The number of nitrogens with zero attached hydrogens (tertiary/aromatic N) is 1. The number of H-pyrrole nitrogens is 1. The predicted molar refractivity (Wildman–Crippen MR) is 49.1 cm³/mol. The van der Waals surface area contributed by atoms with Gasteiger partial charge in [0.05, 0.1) is 0 Å². The van der Waals surface area contributed by atoms with Gasteiger partial charge in [0.25, 0.3) is 0 Å². The molecule has 0 unspecified atom stereocenters. The van der Waals surface area contributed by atoms with Crippen LogP contribution in [0.5, 0.6) is 0 Å². The second-order valence-corrected chi connectivity index (χ2v) is 3.87. The lowest BCUT2D eigenvalue weighted by Gasteiger charge is -2.05. The molecule has 0 spiro atoms. The molecular weight excluding hydrogens is 150 g/mol. The van der Waals surface area contributed by atoms with E-state index in [1.54, 1.807) is 0 Å². The molecule has 1 aromatic heterocycles. The van der Waals surface area contributed by atoms with E-state index in [2.05, 4.69) is 24.0 Å². The average molecular weight is 165 g/mol. The van der Waals surface area contributed by atoms with Gasteiger partial charge in [0.1, 0.15) is 5.82 Å². The highest BCUT2D eigenvalue weighted by molar-refractivity contribution is 5.46. The Labute approximate surface area is 72.4 Å². The highest BCUT2D eigenvalue weighted by atomic mass is 15.2. The van der Waals surface area contributed by atoms with Crippen LogP contribution in [0.25, 0.3) is 0 Å². The highest BCUT2D eigenvalue weighted by Crippen LogP contribution is 2.43. The maximum atomic E-state index is 5.77. The van der Waals surface area contributed by atoms with Gasteiger partial charge in [0, 0.05) is 17.2 Å². The first kappa shape index (κ1) is 7.65. The zero-order chi connectivity index (χ0) is 8.72. The number of nitrogen functional groups attached to an aromatic ring is 1. The molecule has 0 amide bonds. The van der Waals surface area contributed by atoms with Crippen LogP contribution in [0.15, 0.2) is 0 Å². The third-order valence-corrected chi connectivity index (χ3v) is 2.43. The van der Waals surface area contributed by atoms with Crippen molar-refractivity contribution < 1.29 is 0 Å². The molecule has 2 rings (SSSR count). The summed E-state index contributed by atoms with van der Waals surface area (Å²) in [6.45, 7) is 4.32. The lowest BCUT2D eigenvalue weighted by atomic mass is 10.0. The summed E-state index contributed by atoms with van der Waals surface area (Å²) in [6.07, 6.45) is 2.59. The minimum atomic E-state index is 0.486. The lowest BCUT2D eigenvalue weighted by Crippen LogP contribution is -1.96. The molecule has 0 aromatic carbocycles. The normalized spacial score (nSPS) is 17.2. The number of nitrogens with two attached hydrogens (primary N) is 1. The number of aromatic nitrogens is 2. The van der Waals surface area contributed by atoms with Gasteiger partial charge in [-0.3, -0.25) is 5.10 Å². The highest BCUT2D eigenvalue weighted by Gasteiger charge is 2.29.